The average Bonchev–Trinajstić information content (AvgIpc) is 2.30. The number of amides is 1. The second-order valence-electron chi connectivity index (χ2n) is 3.19. The second-order valence-corrected chi connectivity index (χ2v) is 4.90. The summed E-state index contributed by atoms with van der Waals surface area (Å²) in [5.74, 6) is 4.84. The van der Waals surface area contributed by atoms with Gasteiger partial charge in [-0.2, -0.15) is 4.83 Å². The van der Waals surface area contributed by atoms with Crippen LogP contribution in [0.4, 0.5) is 4.79 Å². The molecule has 0 fully saturated rings. The van der Waals surface area contributed by atoms with E-state index in [1.165, 1.54) is 12.1 Å². The average molecular weight is 275 g/mol. The SMILES string of the molecule is CCOC(N)=O.Cc1ccc(S(=O)(=O)NN)cc1. The van der Waals surface area contributed by atoms with Crippen LogP contribution in [0, 0.1) is 6.92 Å². The van der Waals surface area contributed by atoms with E-state index >= 15 is 0 Å². The van der Waals surface area contributed by atoms with Crippen molar-refractivity contribution in [2.45, 2.75) is 18.7 Å². The van der Waals surface area contributed by atoms with E-state index in [1.807, 2.05) is 6.92 Å². The van der Waals surface area contributed by atoms with Gasteiger partial charge < -0.3 is 10.5 Å². The van der Waals surface area contributed by atoms with Crippen LogP contribution in [-0.4, -0.2) is 21.1 Å². The maximum absolute atomic E-state index is 11.1. The van der Waals surface area contributed by atoms with Crippen LogP contribution in [0.2, 0.25) is 0 Å². The first-order valence-electron chi connectivity index (χ1n) is 5.04. The van der Waals surface area contributed by atoms with Crippen LogP contribution in [0.25, 0.3) is 0 Å². The summed E-state index contributed by atoms with van der Waals surface area (Å²) in [6, 6.07) is 6.43. The van der Waals surface area contributed by atoms with Gasteiger partial charge in [-0.25, -0.2) is 13.2 Å². The number of nitrogens with two attached hydrogens (primary N) is 2. The van der Waals surface area contributed by atoms with Gasteiger partial charge in [0.05, 0.1) is 11.5 Å². The van der Waals surface area contributed by atoms with Gasteiger partial charge in [0.1, 0.15) is 0 Å². The molecule has 0 saturated heterocycles. The lowest BCUT2D eigenvalue weighted by atomic mass is 10.2. The molecule has 0 aliphatic carbocycles. The molecule has 0 saturated carbocycles. The molecule has 1 amide bonds. The van der Waals surface area contributed by atoms with Gasteiger partial charge in [-0.1, -0.05) is 17.7 Å². The smallest absolute Gasteiger partial charge is 0.404 e. The first kappa shape index (κ1) is 16.4. The fraction of sp³-hybridized carbons (Fsp3) is 0.300. The predicted octanol–water partition coefficient (Wildman–Crippen LogP) is 0.249. The van der Waals surface area contributed by atoms with Gasteiger partial charge >= 0.3 is 6.09 Å². The molecular weight excluding hydrogens is 258 g/mol. The lowest BCUT2D eigenvalue weighted by molar-refractivity contribution is 0.163. The maximum atomic E-state index is 11.1. The van der Waals surface area contributed by atoms with E-state index in [9.17, 15) is 13.2 Å². The number of sulfonamides is 1. The van der Waals surface area contributed by atoms with E-state index in [0.717, 1.165) is 5.56 Å². The van der Waals surface area contributed by atoms with Crippen molar-refractivity contribution in [2.24, 2.45) is 11.6 Å². The molecule has 7 nitrogen and oxygen atoms in total. The third-order valence-electron chi connectivity index (χ3n) is 1.77. The first-order valence-corrected chi connectivity index (χ1v) is 6.53. The number of ether oxygens (including phenoxy) is 1. The minimum Gasteiger partial charge on any atom is -0.450 e. The van der Waals surface area contributed by atoms with Crippen LogP contribution < -0.4 is 16.4 Å². The van der Waals surface area contributed by atoms with Crippen LogP contribution in [0.15, 0.2) is 29.2 Å². The Morgan fingerprint density at radius 3 is 2.11 bits per heavy atom. The highest BCUT2D eigenvalue weighted by Crippen LogP contribution is 2.08. The summed E-state index contributed by atoms with van der Waals surface area (Å²) in [5, 5.41) is 0. The van der Waals surface area contributed by atoms with E-state index in [0.29, 0.717) is 6.61 Å². The van der Waals surface area contributed by atoms with Crippen molar-refractivity contribution >= 4 is 16.1 Å². The van der Waals surface area contributed by atoms with Gasteiger partial charge in [-0.15, -0.1) is 0 Å². The van der Waals surface area contributed by atoms with E-state index in [1.54, 1.807) is 23.9 Å². The van der Waals surface area contributed by atoms with Crippen molar-refractivity contribution < 1.29 is 17.9 Å². The van der Waals surface area contributed by atoms with Crippen molar-refractivity contribution in [3.63, 3.8) is 0 Å². The zero-order chi connectivity index (χ0) is 14.2. The van der Waals surface area contributed by atoms with Crippen LogP contribution in [-0.2, 0) is 14.8 Å². The lowest BCUT2D eigenvalue weighted by Gasteiger charge is -2.01. The summed E-state index contributed by atoms with van der Waals surface area (Å²) >= 11 is 0. The fourth-order valence-corrected chi connectivity index (χ4v) is 1.56. The summed E-state index contributed by atoms with van der Waals surface area (Å²) in [6.07, 6.45) is -0.711. The Bertz CT molecular complexity index is 470. The van der Waals surface area contributed by atoms with Crippen molar-refractivity contribution in [1.29, 1.82) is 0 Å². The Kier molecular flexibility index (Phi) is 6.94. The molecule has 18 heavy (non-hydrogen) atoms. The van der Waals surface area contributed by atoms with E-state index in [2.05, 4.69) is 10.5 Å². The molecule has 8 heteroatoms. The van der Waals surface area contributed by atoms with Crippen LogP contribution >= 0.6 is 0 Å². The number of aryl methyl sites for hydroxylation is 1. The number of hydrazine groups is 1. The number of rotatable bonds is 3. The number of primary amides is 1. The van der Waals surface area contributed by atoms with E-state index < -0.39 is 16.1 Å². The summed E-state index contributed by atoms with van der Waals surface area (Å²) in [7, 11) is -3.49. The van der Waals surface area contributed by atoms with Gasteiger partial charge in [0.25, 0.3) is 10.0 Å². The summed E-state index contributed by atoms with van der Waals surface area (Å²) < 4.78 is 26.3. The Morgan fingerprint density at radius 1 is 1.33 bits per heavy atom. The second kappa shape index (κ2) is 7.64. The zero-order valence-corrected chi connectivity index (χ0v) is 11.0. The topological polar surface area (TPSA) is 125 Å². The number of carbonyl (C=O) groups is 1. The molecule has 0 aliphatic heterocycles. The van der Waals surface area contributed by atoms with Crippen molar-refractivity contribution in [3.05, 3.63) is 29.8 Å². The highest BCUT2D eigenvalue weighted by atomic mass is 32.2. The monoisotopic (exact) mass is 275 g/mol. The summed E-state index contributed by atoms with van der Waals surface area (Å²) in [5.41, 5.74) is 5.55. The molecule has 1 aromatic carbocycles. The molecule has 102 valence electrons. The Hall–Kier alpha value is -1.64. The molecule has 0 radical (unpaired) electrons. The van der Waals surface area contributed by atoms with Crippen molar-refractivity contribution in [3.8, 4) is 0 Å². The number of benzene rings is 1. The highest BCUT2D eigenvalue weighted by molar-refractivity contribution is 7.89. The van der Waals surface area contributed by atoms with Crippen LogP contribution in [0.1, 0.15) is 12.5 Å². The molecule has 0 heterocycles. The molecule has 0 aromatic heterocycles. The maximum Gasteiger partial charge on any atom is 0.404 e. The molecule has 0 aliphatic rings. The molecule has 1 rings (SSSR count). The van der Waals surface area contributed by atoms with Gasteiger partial charge in [0, 0.05) is 0 Å². The first-order chi connectivity index (χ1) is 8.33. The summed E-state index contributed by atoms with van der Waals surface area (Å²) in [6.45, 7) is 3.94. The third kappa shape index (κ3) is 6.18. The van der Waals surface area contributed by atoms with Crippen LogP contribution in [0.5, 0.6) is 0 Å². The Balaban J connectivity index is 0.000000411. The molecule has 1 aromatic rings. The van der Waals surface area contributed by atoms with Gasteiger partial charge in [-0.3, -0.25) is 5.84 Å². The molecule has 0 atom stereocenters. The normalized spacial score (nSPS) is 10.2. The lowest BCUT2D eigenvalue weighted by Crippen LogP contribution is -2.30. The largest absolute Gasteiger partial charge is 0.450 e. The standard InChI is InChI=1S/C7H10N2O2S.C3H7NO2/c1-6-2-4-7(5-3-6)12(10,11)9-8;1-2-6-3(4)5/h2-5,9H,8H2,1H3;2H2,1H3,(H2,4,5). The summed E-state index contributed by atoms with van der Waals surface area (Å²) in [4.78, 5) is 11.5. The number of carbonyl (C=O) groups excluding carboxylic acids is 1. The minimum atomic E-state index is -3.49. The Labute approximate surface area is 106 Å². The predicted molar refractivity (Wildman–Crippen MR) is 66.9 cm³/mol. The number of hydrogen-bond donors (Lipinski definition) is 3. The fourth-order valence-electron chi connectivity index (χ4n) is 0.928. The van der Waals surface area contributed by atoms with Gasteiger partial charge in [0.2, 0.25) is 0 Å². The zero-order valence-electron chi connectivity index (χ0n) is 10.2. The molecule has 0 bridgehead atoms. The molecule has 0 spiro atoms. The van der Waals surface area contributed by atoms with Crippen LogP contribution in [0.3, 0.4) is 0 Å². The molecular formula is C10H17N3O4S. The minimum absolute atomic E-state index is 0.176. The third-order valence-corrected chi connectivity index (χ3v) is 2.98. The number of hydrogen-bond acceptors (Lipinski definition) is 5. The van der Waals surface area contributed by atoms with Gasteiger partial charge in [0.15, 0.2) is 0 Å². The molecule has 0 unspecified atom stereocenters. The van der Waals surface area contributed by atoms with E-state index in [-0.39, 0.29) is 4.90 Å². The van der Waals surface area contributed by atoms with Crippen molar-refractivity contribution in [2.75, 3.05) is 6.61 Å². The van der Waals surface area contributed by atoms with Crippen molar-refractivity contribution in [1.82, 2.24) is 4.83 Å². The van der Waals surface area contributed by atoms with Gasteiger partial charge in [-0.05, 0) is 26.0 Å². The highest BCUT2D eigenvalue weighted by Gasteiger charge is 2.09. The molecule has 5 N–H and O–H groups in total. The quantitative estimate of drug-likeness (QED) is 0.538. The Morgan fingerprint density at radius 2 is 1.83 bits per heavy atom. The van der Waals surface area contributed by atoms with E-state index in [4.69, 9.17) is 5.84 Å². The number of nitrogens with one attached hydrogen (secondary N) is 1.